The largest absolute Gasteiger partial charge is 0.406 e. The van der Waals surface area contributed by atoms with Crippen molar-refractivity contribution in [3.8, 4) is 0 Å². The van der Waals surface area contributed by atoms with E-state index in [2.05, 4.69) is 19.9 Å². The lowest BCUT2D eigenvalue weighted by molar-refractivity contribution is -0.140. The van der Waals surface area contributed by atoms with Gasteiger partial charge < -0.3 is 14.2 Å². The highest BCUT2D eigenvalue weighted by molar-refractivity contribution is 5.83. The molecule has 0 radical (unpaired) electrons. The first-order valence-corrected chi connectivity index (χ1v) is 11.3. The van der Waals surface area contributed by atoms with Crippen LogP contribution in [0.25, 0.3) is 11.2 Å². The Kier molecular flexibility index (Phi) is 6.34. The highest BCUT2D eigenvalue weighted by Gasteiger charge is 2.31. The smallest absolute Gasteiger partial charge is 0.378 e. The molecule has 8 nitrogen and oxygen atoms in total. The van der Waals surface area contributed by atoms with Gasteiger partial charge in [0.1, 0.15) is 18.2 Å². The van der Waals surface area contributed by atoms with Crippen molar-refractivity contribution in [2.24, 2.45) is 0 Å². The molecule has 182 valence electrons. The molecule has 12 heteroatoms. The monoisotopic (exact) mass is 479 g/mol. The lowest BCUT2D eigenvalue weighted by Crippen LogP contribution is -2.38. The molecular formula is C22H25F4N7O. The number of aromatic nitrogens is 5. The summed E-state index contributed by atoms with van der Waals surface area (Å²) in [7, 11) is 0. The molecule has 3 aromatic heterocycles. The zero-order valence-corrected chi connectivity index (χ0v) is 18.5. The molecule has 0 N–H and O–H groups in total. The second-order valence-electron chi connectivity index (χ2n) is 8.71. The summed E-state index contributed by atoms with van der Waals surface area (Å²) in [6.07, 6.45) is 1.20. The van der Waals surface area contributed by atoms with Crippen molar-refractivity contribution < 1.29 is 22.3 Å². The number of hydrogen-bond donors (Lipinski definition) is 0. The first-order chi connectivity index (χ1) is 16.4. The van der Waals surface area contributed by atoms with Crippen LogP contribution in [0.2, 0.25) is 0 Å². The van der Waals surface area contributed by atoms with Gasteiger partial charge in [-0.25, -0.2) is 19.3 Å². The highest BCUT2D eigenvalue weighted by atomic mass is 19.4. The molecular weight excluding hydrogens is 454 g/mol. The van der Waals surface area contributed by atoms with Crippen LogP contribution in [0.5, 0.6) is 0 Å². The van der Waals surface area contributed by atoms with Crippen LogP contribution in [0.1, 0.15) is 30.1 Å². The number of imidazole rings is 1. The van der Waals surface area contributed by atoms with Gasteiger partial charge in [0.25, 0.3) is 0 Å². The van der Waals surface area contributed by atoms with E-state index in [1.54, 1.807) is 12.3 Å². The van der Waals surface area contributed by atoms with Gasteiger partial charge >= 0.3 is 6.18 Å². The molecule has 2 aliphatic rings. The van der Waals surface area contributed by atoms with E-state index in [0.717, 1.165) is 24.0 Å². The van der Waals surface area contributed by atoms with E-state index < -0.39 is 12.7 Å². The van der Waals surface area contributed by atoms with Crippen molar-refractivity contribution in [3.63, 3.8) is 0 Å². The molecule has 5 rings (SSSR count). The fourth-order valence-electron chi connectivity index (χ4n) is 4.62. The summed E-state index contributed by atoms with van der Waals surface area (Å²) < 4.78 is 60.1. The van der Waals surface area contributed by atoms with Crippen LogP contribution in [0.15, 0.2) is 24.8 Å². The second-order valence-corrected chi connectivity index (χ2v) is 8.71. The number of rotatable bonds is 5. The molecule has 1 atom stereocenters. The fourth-order valence-corrected chi connectivity index (χ4v) is 4.62. The Bertz CT molecular complexity index is 1150. The van der Waals surface area contributed by atoms with Crippen molar-refractivity contribution in [1.82, 2.24) is 29.4 Å². The molecule has 0 bridgehead atoms. The Morgan fingerprint density at radius 2 is 1.94 bits per heavy atom. The van der Waals surface area contributed by atoms with Gasteiger partial charge in [-0.05, 0) is 25.5 Å². The molecule has 0 amide bonds. The molecule has 5 heterocycles. The van der Waals surface area contributed by atoms with Crippen LogP contribution in [-0.4, -0.2) is 75.0 Å². The number of anilines is 1. The molecule has 0 saturated carbocycles. The maximum absolute atomic E-state index is 14.1. The minimum atomic E-state index is -4.39. The van der Waals surface area contributed by atoms with Crippen molar-refractivity contribution in [2.45, 2.75) is 38.0 Å². The number of ether oxygens (including phenoxy) is 1. The Labute approximate surface area is 193 Å². The summed E-state index contributed by atoms with van der Waals surface area (Å²) in [5, 5.41) is 0. The molecule has 2 saturated heterocycles. The van der Waals surface area contributed by atoms with Crippen molar-refractivity contribution in [2.75, 3.05) is 44.3 Å². The predicted octanol–water partition coefficient (Wildman–Crippen LogP) is 3.14. The highest BCUT2D eigenvalue weighted by Crippen LogP contribution is 2.31. The SMILES string of the molecule is Fc1cnccc1CN1CCCC(c2nc(N3CCOCC3)c3ncn(CC(F)(F)F)c3n2)C1. The Morgan fingerprint density at radius 1 is 1.12 bits per heavy atom. The number of pyridine rings is 1. The molecule has 2 aliphatic heterocycles. The molecule has 1 unspecified atom stereocenters. The van der Waals surface area contributed by atoms with Gasteiger partial charge in [0.15, 0.2) is 17.0 Å². The maximum atomic E-state index is 14.1. The molecule has 0 aromatic carbocycles. The van der Waals surface area contributed by atoms with E-state index in [-0.39, 0.29) is 17.4 Å². The summed E-state index contributed by atoms with van der Waals surface area (Å²) in [5.41, 5.74) is 1.10. The number of halogens is 4. The fraction of sp³-hybridized carbons (Fsp3) is 0.545. The predicted molar refractivity (Wildman–Crippen MR) is 116 cm³/mol. The topological polar surface area (TPSA) is 72.2 Å². The van der Waals surface area contributed by atoms with Gasteiger partial charge in [0.05, 0.1) is 25.7 Å². The van der Waals surface area contributed by atoms with Crippen LogP contribution in [-0.2, 0) is 17.8 Å². The summed E-state index contributed by atoms with van der Waals surface area (Å²) in [5.74, 6) is 0.601. The number of hydrogen-bond acceptors (Lipinski definition) is 7. The average Bonchev–Trinajstić information content (AvgIpc) is 3.22. The summed E-state index contributed by atoms with van der Waals surface area (Å²) >= 11 is 0. The van der Waals surface area contributed by atoms with Crippen LogP contribution in [0, 0.1) is 5.82 Å². The Morgan fingerprint density at radius 3 is 2.71 bits per heavy atom. The maximum Gasteiger partial charge on any atom is 0.406 e. The first kappa shape index (κ1) is 22.9. The Hall–Kier alpha value is -2.86. The van der Waals surface area contributed by atoms with E-state index in [0.29, 0.717) is 62.1 Å². The number of alkyl halides is 3. The zero-order valence-electron chi connectivity index (χ0n) is 18.5. The van der Waals surface area contributed by atoms with Crippen LogP contribution < -0.4 is 4.90 Å². The number of piperidine rings is 1. The molecule has 0 aliphatic carbocycles. The molecule has 34 heavy (non-hydrogen) atoms. The van der Waals surface area contributed by atoms with Gasteiger partial charge in [-0.1, -0.05) is 0 Å². The number of nitrogens with zero attached hydrogens (tertiary/aromatic N) is 7. The number of likely N-dealkylation sites (tertiary alicyclic amines) is 1. The molecule has 0 spiro atoms. The van der Waals surface area contributed by atoms with Crippen molar-refractivity contribution in [1.29, 1.82) is 0 Å². The normalized spacial score (nSPS) is 20.2. The van der Waals surface area contributed by atoms with E-state index in [1.165, 1.54) is 12.5 Å². The van der Waals surface area contributed by atoms with Crippen LogP contribution in [0.3, 0.4) is 0 Å². The van der Waals surface area contributed by atoms with Gasteiger partial charge in [-0.3, -0.25) is 9.88 Å². The summed E-state index contributed by atoms with van der Waals surface area (Å²) in [6.45, 7) is 2.82. The minimum absolute atomic E-state index is 0.0860. The summed E-state index contributed by atoms with van der Waals surface area (Å²) in [4.78, 5) is 21.5. The minimum Gasteiger partial charge on any atom is -0.378 e. The number of fused-ring (bicyclic) bond motifs is 1. The van der Waals surface area contributed by atoms with E-state index in [4.69, 9.17) is 9.72 Å². The standard InChI is InChI=1S/C22H25F4N7O/c23-17-10-27-4-3-15(17)11-31-5-1-2-16(12-31)19-29-20(32-6-8-34-9-7-32)18-21(30-19)33(14-28-18)13-22(24,25)26/h3-4,10,14,16H,1-2,5-9,11-13H2. The van der Waals surface area contributed by atoms with E-state index in [1.807, 2.05) is 4.90 Å². The van der Waals surface area contributed by atoms with Gasteiger partial charge in [0.2, 0.25) is 0 Å². The first-order valence-electron chi connectivity index (χ1n) is 11.3. The third-order valence-corrected chi connectivity index (χ3v) is 6.24. The zero-order chi connectivity index (χ0) is 23.7. The number of morpholine rings is 1. The van der Waals surface area contributed by atoms with Crippen molar-refractivity contribution >= 4 is 17.0 Å². The third kappa shape index (κ3) is 4.97. The third-order valence-electron chi connectivity index (χ3n) is 6.24. The van der Waals surface area contributed by atoms with E-state index in [9.17, 15) is 17.6 Å². The van der Waals surface area contributed by atoms with Crippen LogP contribution in [0.4, 0.5) is 23.4 Å². The second kappa shape index (κ2) is 9.41. The molecule has 3 aromatic rings. The average molecular weight is 479 g/mol. The molecule has 2 fully saturated rings. The van der Waals surface area contributed by atoms with Gasteiger partial charge in [-0.2, -0.15) is 13.2 Å². The summed E-state index contributed by atoms with van der Waals surface area (Å²) in [6, 6.07) is 1.66. The van der Waals surface area contributed by atoms with Gasteiger partial charge in [-0.15, -0.1) is 0 Å². The van der Waals surface area contributed by atoms with Gasteiger partial charge in [0, 0.05) is 43.9 Å². The Balaban J connectivity index is 1.47. The van der Waals surface area contributed by atoms with Crippen molar-refractivity contribution in [3.05, 3.63) is 42.0 Å². The lowest BCUT2D eigenvalue weighted by Gasteiger charge is -2.33. The van der Waals surface area contributed by atoms with Crippen LogP contribution >= 0.6 is 0 Å². The quantitative estimate of drug-likeness (QED) is 0.521. The van der Waals surface area contributed by atoms with E-state index >= 15 is 0 Å². The lowest BCUT2D eigenvalue weighted by atomic mass is 9.96.